The molecule has 0 radical (unpaired) electrons. The monoisotopic (exact) mass is 270 g/mol. The maximum atomic E-state index is 4.29. The van der Waals surface area contributed by atoms with E-state index in [0.29, 0.717) is 12.6 Å². The summed E-state index contributed by atoms with van der Waals surface area (Å²) < 4.78 is 1.74. The maximum Gasteiger partial charge on any atom is 0.164 e. The van der Waals surface area contributed by atoms with Gasteiger partial charge in [-0.15, -0.1) is 0 Å². The highest BCUT2D eigenvalue weighted by atomic mass is 15.3. The molecular formula is C16H22N4. The molecule has 1 heterocycles. The van der Waals surface area contributed by atoms with E-state index >= 15 is 0 Å². The molecule has 1 N–H and O–H groups in total. The minimum atomic E-state index is 0.325. The number of nitrogens with zero attached hydrogens (tertiary/aromatic N) is 3. The van der Waals surface area contributed by atoms with Gasteiger partial charge in [-0.1, -0.05) is 18.2 Å². The molecule has 1 unspecified atom stereocenters. The Kier molecular flexibility index (Phi) is 3.83. The average Bonchev–Trinajstić information content (AvgIpc) is 2.90. The van der Waals surface area contributed by atoms with Crippen molar-refractivity contribution in [3.05, 3.63) is 47.0 Å². The fourth-order valence-corrected chi connectivity index (χ4v) is 2.85. The van der Waals surface area contributed by atoms with E-state index in [9.17, 15) is 0 Å². The number of hydrogen-bond donors (Lipinski definition) is 1. The molecule has 106 valence electrons. The molecule has 4 heteroatoms. The van der Waals surface area contributed by atoms with Crippen LogP contribution in [0.2, 0.25) is 0 Å². The molecule has 1 aliphatic carbocycles. The van der Waals surface area contributed by atoms with Crippen molar-refractivity contribution in [1.82, 2.24) is 20.1 Å². The fraction of sp³-hybridized carbons (Fsp3) is 0.500. The van der Waals surface area contributed by atoms with Crippen LogP contribution in [0.3, 0.4) is 0 Å². The zero-order chi connectivity index (χ0) is 13.9. The van der Waals surface area contributed by atoms with Crippen LogP contribution >= 0.6 is 0 Å². The van der Waals surface area contributed by atoms with Crippen LogP contribution in [-0.2, 0) is 26.4 Å². The highest BCUT2D eigenvalue weighted by Gasteiger charge is 2.12. The number of aromatic nitrogens is 3. The first kappa shape index (κ1) is 13.3. The predicted molar refractivity (Wildman–Crippen MR) is 79.3 cm³/mol. The lowest BCUT2D eigenvalue weighted by molar-refractivity contribution is 0.554. The van der Waals surface area contributed by atoms with Crippen LogP contribution in [0, 0.1) is 0 Å². The second kappa shape index (κ2) is 5.75. The predicted octanol–water partition coefficient (Wildman–Crippen LogP) is 2.54. The molecule has 20 heavy (non-hydrogen) atoms. The van der Waals surface area contributed by atoms with E-state index in [2.05, 4.69) is 40.5 Å². The molecule has 0 aliphatic heterocycles. The molecule has 0 saturated carbocycles. The van der Waals surface area contributed by atoms with E-state index in [1.54, 1.807) is 22.1 Å². The third-order valence-electron chi connectivity index (χ3n) is 4.09. The van der Waals surface area contributed by atoms with Crippen molar-refractivity contribution in [3.63, 3.8) is 0 Å². The zero-order valence-electron chi connectivity index (χ0n) is 12.3. The van der Waals surface area contributed by atoms with Crippen molar-refractivity contribution >= 4 is 0 Å². The van der Waals surface area contributed by atoms with Gasteiger partial charge in [-0.3, -0.25) is 4.68 Å². The minimum absolute atomic E-state index is 0.325. The van der Waals surface area contributed by atoms with Gasteiger partial charge in [-0.2, -0.15) is 5.10 Å². The summed E-state index contributed by atoms with van der Waals surface area (Å²) in [4.78, 5) is 4.24. The summed E-state index contributed by atoms with van der Waals surface area (Å²) in [5, 5.41) is 7.79. The zero-order valence-corrected chi connectivity index (χ0v) is 12.3. The molecule has 3 rings (SSSR count). The van der Waals surface area contributed by atoms with Crippen LogP contribution < -0.4 is 5.32 Å². The van der Waals surface area contributed by atoms with Crippen molar-refractivity contribution in [2.45, 2.75) is 45.2 Å². The van der Waals surface area contributed by atoms with Gasteiger partial charge < -0.3 is 5.32 Å². The minimum Gasteiger partial charge on any atom is -0.303 e. The molecule has 0 spiro atoms. The molecule has 0 bridgehead atoms. The summed E-state index contributed by atoms with van der Waals surface area (Å²) in [6.45, 7) is 2.91. The summed E-state index contributed by atoms with van der Waals surface area (Å²) in [5.41, 5.74) is 4.44. The average molecular weight is 270 g/mol. The van der Waals surface area contributed by atoms with Gasteiger partial charge in [0.15, 0.2) is 5.82 Å². The van der Waals surface area contributed by atoms with E-state index in [1.807, 2.05) is 7.05 Å². The molecule has 0 saturated heterocycles. The largest absolute Gasteiger partial charge is 0.303 e. The lowest BCUT2D eigenvalue weighted by Crippen LogP contribution is -2.19. The molecule has 1 atom stereocenters. The second-order valence-corrected chi connectivity index (χ2v) is 5.67. The van der Waals surface area contributed by atoms with Gasteiger partial charge in [0.1, 0.15) is 6.33 Å². The standard InChI is InChI=1S/C16H22N4/c1-12(17-10-16-18-11-20(2)19-16)14-8-7-13-5-3-4-6-15(13)9-14/h7-9,11-12,17H,3-6,10H2,1-2H3. The summed E-state index contributed by atoms with van der Waals surface area (Å²) in [6, 6.07) is 7.26. The summed E-state index contributed by atoms with van der Waals surface area (Å²) in [6.07, 6.45) is 6.88. The summed E-state index contributed by atoms with van der Waals surface area (Å²) in [5.74, 6) is 0.845. The molecular weight excluding hydrogens is 248 g/mol. The molecule has 0 fully saturated rings. The second-order valence-electron chi connectivity index (χ2n) is 5.67. The Bertz CT molecular complexity index is 588. The first-order valence-corrected chi connectivity index (χ1v) is 7.42. The number of benzene rings is 1. The van der Waals surface area contributed by atoms with Crippen LogP contribution in [0.15, 0.2) is 24.5 Å². The van der Waals surface area contributed by atoms with Gasteiger partial charge >= 0.3 is 0 Å². The highest BCUT2D eigenvalue weighted by molar-refractivity contribution is 5.35. The lowest BCUT2D eigenvalue weighted by Gasteiger charge is -2.19. The van der Waals surface area contributed by atoms with Crippen molar-refractivity contribution in [1.29, 1.82) is 0 Å². The maximum absolute atomic E-state index is 4.29. The molecule has 0 amide bonds. The number of hydrogen-bond acceptors (Lipinski definition) is 3. The SMILES string of the molecule is CC(NCc1ncn(C)n1)c1ccc2c(c1)CCCC2. The smallest absolute Gasteiger partial charge is 0.164 e. The number of fused-ring (bicyclic) bond motifs is 1. The Morgan fingerprint density at radius 2 is 2.05 bits per heavy atom. The van der Waals surface area contributed by atoms with Gasteiger partial charge in [-0.05, 0) is 49.3 Å². The van der Waals surface area contributed by atoms with Crippen molar-refractivity contribution in [2.75, 3.05) is 0 Å². The third-order valence-corrected chi connectivity index (χ3v) is 4.09. The Morgan fingerprint density at radius 1 is 1.25 bits per heavy atom. The van der Waals surface area contributed by atoms with Gasteiger partial charge in [0, 0.05) is 13.1 Å². The molecule has 2 aromatic rings. The summed E-state index contributed by atoms with van der Waals surface area (Å²) in [7, 11) is 1.89. The van der Waals surface area contributed by atoms with E-state index in [1.165, 1.54) is 31.2 Å². The van der Waals surface area contributed by atoms with Crippen LogP contribution in [0.1, 0.15) is 48.3 Å². The van der Waals surface area contributed by atoms with Gasteiger partial charge in [-0.25, -0.2) is 4.98 Å². The number of aryl methyl sites for hydroxylation is 3. The molecule has 1 aromatic carbocycles. The molecule has 1 aliphatic rings. The van der Waals surface area contributed by atoms with E-state index < -0.39 is 0 Å². The number of rotatable bonds is 4. The highest BCUT2D eigenvalue weighted by Crippen LogP contribution is 2.24. The Hall–Kier alpha value is -1.68. The van der Waals surface area contributed by atoms with E-state index in [4.69, 9.17) is 0 Å². The van der Waals surface area contributed by atoms with E-state index in [0.717, 1.165) is 5.82 Å². The van der Waals surface area contributed by atoms with Crippen LogP contribution in [-0.4, -0.2) is 14.8 Å². The Morgan fingerprint density at radius 3 is 2.80 bits per heavy atom. The topological polar surface area (TPSA) is 42.7 Å². The lowest BCUT2D eigenvalue weighted by atomic mass is 9.89. The van der Waals surface area contributed by atoms with Crippen LogP contribution in [0.5, 0.6) is 0 Å². The summed E-state index contributed by atoms with van der Waals surface area (Å²) >= 11 is 0. The quantitative estimate of drug-likeness (QED) is 0.928. The normalized spacial score (nSPS) is 15.9. The molecule has 1 aromatic heterocycles. The first-order valence-electron chi connectivity index (χ1n) is 7.42. The van der Waals surface area contributed by atoms with Crippen LogP contribution in [0.4, 0.5) is 0 Å². The van der Waals surface area contributed by atoms with Gasteiger partial charge in [0.25, 0.3) is 0 Å². The third kappa shape index (κ3) is 2.90. The van der Waals surface area contributed by atoms with E-state index in [-0.39, 0.29) is 0 Å². The Labute approximate surface area is 120 Å². The Balaban J connectivity index is 1.66. The van der Waals surface area contributed by atoms with Crippen molar-refractivity contribution < 1.29 is 0 Å². The first-order chi connectivity index (χ1) is 9.72. The molecule has 4 nitrogen and oxygen atoms in total. The van der Waals surface area contributed by atoms with Crippen molar-refractivity contribution in [2.24, 2.45) is 7.05 Å². The van der Waals surface area contributed by atoms with Crippen LogP contribution in [0.25, 0.3) is 0 Å². The fourth-order valence-electron chi connectivity index (χ4n) is 2.85. The number of nitrogens with one attached hydrogen (secondary N) is 1. The van der Waals surface area contributed by atoms with Gasteiger partial charge in [0.05, 0.1) is 6.54 Å². The van der Waals surface area contributed by atoms with Crippen molar-refractivity contribution in [3.8, 4) is 0 Å². The van der Waals surface area contributed by atoms with Gasteiger partial charge in [0.2, 0.25) is 0 Å².